The van der Waals surface area contributed by atoms with E-state index in [2.05, 4.69) is 17.1 Å². The lowest BCUT2D eigenvalue weighted by atomic mass is 9.51. The van der Waals surface area contributed by atoms with Gasteiger partial charge in [0.15, 0.2) is 0 Å². The number of nitrogens with one attached hydrogen (secondary N) is 1. The molecule has 0 aromatic carbocycles. The Hall–Kier alpha value is -0.570. The number of carbonyl (C=O) groups excluding carboxylic acids is 1. The third-order valence-corrected chi connectivity index (χ3v) is 6.30. The van der Waals surface area contributed by atoms with Crippen LogP contribution in [-0.4, -0.2) is 36.5 Å². The van der Waals surface area contributed by atoms with E-state index in [1.165, 1.54) is 32.1 Å². The van der Waals surface area contributed by atoms with Crippen LogP contribution in [0.5, 0.6) is 0 Å². The predicted octanol–water partition coefficient (Wildman–Crippen LogP) is 1.88. The summed E-state index contributed by atoms with van der Waals surface area (Å²) in [6.45, 7) is 5.06. The lowest BCUT2D eigenvalue weighted by molar-refractivity contribution is -0.151. The minimum Gasteiger partial charge on any atom is -0.337 e. The van der Waals surface area contributed by atoms with Gasteiger partial charge >= 0.3 is 0 Å². The lowest BCUT2D eigenvalue weighted by Crippen LogP contribution is -2.58. The maximum Gasteiger partial charge on any atom is 0.226 e. The Bertz CT molecular complexity index is 353. The van der Waals surface area contributed by atoms with E-state index in [9.17, 15) is 4.79 Å². The predicted molar refractivity (Wildman–Crippen MR) is 74.6 cm³/mol. The summed E-state index contributed by atoms with van der Waals surface area (Å²) in [5.41, 5.74) is 0. The SMILES string of the molecule is C[C@@H]1CNCCN1C(=O)C1C2CC3CC(C2)CC1C3. The number of hydrogen-bond acceptors (Lipinski definition) is 2. The van der Waals surface area contributed by atoms with Crippen LogP contribution in [0.25, 0.3) is 0 Å². The van der Waals surface area contributed by atoms with Crippen LogP contribution < -0.4 is 5.32 Å². The Kier molecular flexibility index (Phi) is 2.87. The molecular weight excluding hydrogens is 236 g/mol. The number of rotatable bonds is 1. The van der Waals surface area contributed by atoms with Gasteiger partial charge in [0.1, 0.15) is 0 Å². The molecule has 1 amide bonds. The molecule has 1 heterocycles. The van der Waals surface area contributed by atoms with Gasteiger partial charge in [-0.1, -0.05) is 0 Å². The van der Waals surface area contributed by atoms with E-state index < -0.39 is 0 Å². The fraction of sp³-hybridized carbons (Fsp3) is 0.938. The molecule has 4 aliphatic carbocycles. The van der Waals surface area contributed by atoms with Crippen LogP contribution in [0.2, 0.25) is 0 Å². The van der Waals surface area contributed by atoms with Gasteiger partial charge in [-0.3, -0.25) is 4.79 Å². The van der Waals surface area contributed by atoms with Crippen molar-refractivity contribution in [2.75, 3.05) is 19.6 Å². The fourth-order valence-corrected chi connectivity index (χ4v) is 5.69. The maximum atomic E-state index is 13.0. The Balaban J connectivity index is 1.53. The molecule has 4 saturated carbocycles. The van der Waals surface area contributed by atoms with Crippen molar-refractivity contribution in [2.45, 2.75) is 45.1 Å². The number of amides is 1. The molecule has 3 nitrogen and oxygen atoms in total. The molecule has 4 bridgehead atoms. The molecule has 1 atom stereocenters. The summed E-state index contributed by atoms with van der Waals surface area (Å²) in [5, 5.41) is 3.39. The fourth-order valence-electron chi connectivity index (χ4n) is 5.69. The van der Waals surface area contributed by atoms with Gasteiger partial charge < -0.3 is 10.2 Å². The third-order valence-electron chi connectivity index (χ3n) is 6.30. The molecule has 0 aromatic rings. The topological polar surface area (TPSA) is 32.3 Å². The second-order valence-electron chi connectivity index (χ2n) is 7.54. The largest absolute Gasteiger partial charge is 0.337 e. The molecule has 5 aliphatic rings. The first-order chi connectivity index (χ1) is 9.22. The van der Waals surface area contributed by atoms with Crippen molar-refractivity contribution in [1.29, 1.82) is 0 Å². The van der Waals surface area contributed by atoms with E-state index in [1.807, 2.05) is 0 Å². The molecule has 0 radical (unpaired) electrons. The van der Waals surface area contributed by atoms with Crippen molar-refractivity contribution in [2.24, 2.45) is 29.6 Å². The smallest absolute Gasteiger partial charge is 0.226 e. The molecule has 1 N–H and O–H groups in total. The molecule has 0 spiro atoms. The average Bonchev–Trinajstić information content (AvgIpc) is 2.37. The van der Waals surface area contributed by atoms with Gasteiger partial charge in [0.25, 0.3) is 0 Å². The number of hydrogen-bond donors (Lipinski definition) is 1. The minimum absolute atomic E-state index is 0.383. The summed E-state index contributed by atoms with van der Waals surface area (Å²) in [5.74, 6) is 4.27. The number of carbonyl (C=O) groups is 1. The summed E-state index contributed by atoms with van der Waals surface area (Å²) in [7, 11) is 0. The van der Waals surface area contributed by atoms with Crippen molar-refractivity contribution in [1.82, 2.24) is 10.2 Å². The maximum absolute atomic E-state index is 13.0. The zero-order valence-electron chi connectivity index (χ0n) is 12.0. The van der Waals surface area contributed by atoms with E-state index in [-0.39, 0.29) is 0 Å². The van der Waals surface area contributed by atoms with Crippen molar-refractivity contribution in [3.63, 3.8) is 0 Å². The van der Waals surface area contributed by atoms with Crippen LogP contribution in [0.15, 0.2) is 0 Å². The van der Waals surface area contributed by atoms with Crippen molar-refractivity contribution >= 4 is 5.91 Å². The van der Waals surface area contributed by atoms with Gasteiger partial charge in [0.05, 0.1) is 0 Å². The van der Waals surface area contributed by atoms with E-state index in [1.54, 1.807) is 0 Å². The second-order valence-corrected chi connectivity index (χ2v) is 7.54. The van der Waals surface area contributed by atoms with Crippen molar-refractivity contribution in [3.8, 4) is 0 Å². The Morgan fingerprint density at radius 3 is 2.26 bits per heavy atom. The minimum atomic E-state index is 0.383. The highest BCUT2D eigenvalue weighted by Gasteiger charge is 2.51. The van der Waals surface area contributed by atoms with Gasteiger partial charge in [-0.05, 0) is 62.7 Å². The molecule has 1 aliphatic heterocycles. The second kappa shape index (κ2) is 4.47. The molecule has 106 valence electrons. The Morgan fingerprint density at radius 1 is 1.05 bits per heavy atom. The molecular formula is C16H26N2O. The van der Waals surface area contributed by atoms with E-state index >= 15 is 0 Å². The van der Waals surface area contributed by atoms with Crippen LogP contribution >= 0.6 is 0 Å². The van der Waals surface area contributed by atoms with Gasteiger partial charge in [-0.15, -0.1) is 0 Å². The van der Waals surface area contributed by atoms with Crippen LogP contribution in [0.4, 0.5) is 0 Å². The first-order valence-electron chi connectivity index (χ1n) is 8.23. The number of piperazine rings is 1. The Labute approximate surface area is 116 Å². The summed E-state index contributed by atoms with van der Waals surface area (Å²) in [4.78, 5) is 15.2. The van der Waals surface area contributed by atoms with Crippen LogP contribution in [0, 0.1) is 29.6 Å². The quantitative estimate of drug-likeness (QED) is 0.782. The highest BCUT2D eigenvalue weighted by molar-refractivity contribution is 5.80. The summed E-state index contributed by atoms with van der Waals surface area (Å²) in [6.07, 6.45) is 6.87. The van der Waals surface area contributed by atoms with E-state index in [0.717, 1.165) is 43.3 Å². The van der Waals surface area contributed by atoms with Gasteiger partial charge in [-0.25, -0.2) is 0 Å². The molecule has 3 heteroatoms. The van der Waals surface area contributed by atoms with E-state index in [0.29, 0.717) is 17.9 Å². The summed E-state index contributed by atoms with van der Waals surface area (Å²) >= 11 is 0. The number of nitrogens with zero attached hydrogens (tertiary/aromatic N) is 1. The van der Waals surface area contributed by atoms with Gasteiger partial charge in [-0.2, -0.15) is 0 Å². The molecule has 5 rings (SSSR count). The van der Waals surface area contributed by atoms with Crippen LogP contribution in [0.1, 0.15) is 39.0 Å². The molecule has 1 saturated heterocycles. The highest BCUT2D eigenvalue weighted by atomic mass is 16.2. The van der Waals surface area contributed by atoms with Gasteiger partial charge in [0.2, 0.25) is 5.91 Å². The standard InChI is InChI=1S/C16H26N2O/c1-10-9-17-2-3-18(10)16(19)15-13-5-11-4-12(7-13)8-14(15)6-11/h10-15,17H,2-9H2,1H3/t10-,11?,12?,13?,14?,15?/m1/s1. The molecule has 0 aromatic heterocycles. The zero-order chi connectivity index (χ0) is 13.0. The normalized spacial score (nSPS) is 48.6. The zero-order valence-corrected chi connectivity index (χ0v) is 12.0. The highest BCUT2D eigenvalue weighted by Crippen LogP contribution is 2.56. The lowest BCUT2D eigenvalue weighted by Gasteiger charge is -2.55. The van der Waals surface area contributed by atoms with E-state index in [4.69, 9.17) is 0 Å². The Morgan fingerprint density at radius 2 is 1.68 bits per heavy atom. The average molecular weight is 262 g/mol. The first-order valence-corrected chi connectivity index (χ1v) is 8.23. The molecule has 19 heavy (non-hydrogen) atoms. The summed E-state index contributed by atoms with van der Waals surface area (Å²) < 4.78 is 0. The summed E-state index contributed by atoms with van der Waals surface area (Å²) in [6, 6.07) is 0.387. The van der Waals surface area contributed by atoms with Gasteiger partial charge in [0, 0.05) is 31.6 Å². The first kappa shape index (κ1) is 12.2. The van der Waals surface area contributed by atoms with Crippen molar-refractivity contribution < 1.29 is 4.79 Å². The van der Waals surface area contributed by atoms with Crippen molar-refractivity contribution in [3.05, 3.63) is 0 Å². The molecule has 0 unspecified atom stereocenters. The van der Waals surface area contributed by atoms with Crippen LogP contribution in [0.3, 0.4) is 0 Å². The monoisotopic (exact) mass is 262 g/mol. The third kappa shape index (κ3) is 1.93. The molecule has 5 fully saturated rings. The van der Waals surface area contributed by atoms with Crippen LogP contribution in [-0.2, 0) is 4.79 Å².